The van der Waals surface area contributed by atoms with Crippen molar-refractivity contribution in [3.05, 3.63) is 47.6 Å². The van der Waals surface area contributed by atoms with Gasteiger partial charge in [-0.15, -0.1) is 0 Å². The van der Waals surface area contributed by atoms with Gasteiger partial charge in [-0.05, 0) is 12.1 Å². The maximum Gasteiger partial charge on any atom is 0.337 e. The molecule has 0 fully saturated rings. The van der Waals surface area contributed by atoms with E-state index < -0.39 is 5.97 Å². The van der Waals surface area contributed by atoms with Gasteiger partial charge in [0, 0.05) is 16.6 Å². The molecule has 1 aromatic carbocycles. The molecule has 82 valence electrons. The summed E-state index contributed by atoms with van der Waals surface area (Å²) >= 11 is 5.74. The molecule has 3 nitrogen and oxygen atoms in total. The zero-order valence-electron chi connectivity index (χ0n) is 8.48. The van der Waals surface area contributed by atoms with Gasteiger partial charge in [-0.2, -0.15) is 0 Å². The molecule has 0 aliphatic heterocycles. The zero-order chi connectivity index (χ0) is 11.7. The summed E-state index contributed by atoms with van der Waals surface area (Å²) in [5.41, 5.74) is 0.956. The number of allylic oxidation sites excluding steroid dienone is 1. The predicted octanol–water partition coefficient (Wildman–Crippen LogP) is 3.09. The van der Waals surface area contributed by atoms with Crippen LogP contribution in [0.2, 0.25) is 0 Å². The highest BCUT2D eigenvalue weighted by Gasteiger charge is 2.11. The fourth-order valence-corrected chi connectivity index (χ4v) is 1.88. The molecule has 0 spiro atoms. The van der Waals surface area contributed by atoms with Crippen LogP contribution in [-0.2, 0) is 6.54 Å². The molecule has 16 heavy (non-hydrogen) atoms. The first-order valence-corrected chi connectivity index (χ1v) is 5.12. The summed E-state index contributed by atoms with van der Waals surface area (Å²) in [5, 5.41) is 10.4. The average Bonchev–Trinajstić information content (AvgIpc) is 2.60. The summed E-state index contributed by atoms with van der Waals surface area (Å²) in [5.74, 6) is -0.939. The predicted molar refractivity (Wildman–Crippen MR) is 63.9 cm³/mol. The number of carboxylic acid groups (broad SMARTS) is 1. The normalized spacial score (nSPS) is 10.6. The SMILES string of the molecule is C=C(Cl)Cn1ccc2cccc(C(=O)O)c21. The van der Waals surface area contributed by atoms with Gasteiger partial charge < -0.3 is 9.67 Å². The molecule has 2 aromatic rings. The number of fused-ring (bicyclic) bond motifs is 1. The lowest BCUT2D eigenvalue weighted by atomic mass is 10.1. The van der Waals surface area contributed by atoms with Crippen molar-refractivity contribution in [1.29, 1.82) is 0 Å². The van der Waals surface area contributed by atoms with E-state index in [9.17, 15) is 4.79 Å². The Morgan fingerprint density at radius 1 is 1.44 bits per heavy atom. The maximum atomic E-state index is 11.1. The maximum absolute atomic E-state index is 11.1. The van der Waals surface area contributed by atoms with Crippen molar-refractivity contribution in [1.82, 2.24) is 4.57 Å². The third kappa shape index (κ3) is 1.82. The van der Waals surface area contributed by atoms with Gasteiger partial charge in [0.2, 0.25) is 0 Å². The minimum Gasteiger partial charge on any atom is -0.478 e. The molecule has 0 aliphatic carbocycles. The second-order valence-electron chi connectivity index (χ2n) is 3.51. The largest absolute Gasteiger partial charge is 0.478 e. The summed E-state index contributed by atoms with van der Waals surface area (Å²) in [6.45, 7) is 4.02. The van der Waals surface area contributed by atoms with Gasteiger partial charge in [0.25, 0.3) is 0 Å². The van der Waals surface area contributed by atoms with Gasteiger partial charge >= 0.3 is 5.97 Å². The Morgan fingerprint density at radius 3 is 2.81 bits per heavy atom. The van der Waals surface area contributed by atoms with Gasteiger partial charge in [0.1, 0.15) is 0 Å². The third-order valence-electron chi connectivity index (χ3n) is 2.36. The van der Waals surface area contributed by atoms with Crippen LogP contribution < -0.4 is 0 Å². The van der Waals surface area contributed by atoms with E-state index in [2.05, 4.69) is 6.58 Å². The molecule has 0 atom stereocenters. The lowest BCUT2D eigenvalue weighted by Crippen LogP contribution is -2.03. The highest BCUT2D eigenvalue weighted by molar-refractivity contribution is 6.29. The number of rotatable bonds is 3. The summed E-state index contributed by atoms with van der Waals surface area (Å²) in [6.07, 6.45) is 1.81. The first-order chi connectivity index (χ1) is 7.59. The van der Waals surface area contributed by atoms with E-state index in [1.54, 1.807) is 16.7 Å². The molecule has 1 heterocycles. The molecular weight excluding hydrogens is 226 g/mol. The second-order valence-corrected chi connectivity index (χ2v) is 4.04. The van der Waals surface area contributed by atoms with Crippen molar-refractivity contribution in [3.63, 3.8) is 0 Å². The Morgan fingerprint density at radius 2 is 2.19 bits per heavy atom. The van der Waals surface area contributed by atoms with E-state index in [4.69, 9.17) is 16.7 Å². The van der Waals surface area contributed by atoms with Crippen LogP contribution >= 0.6 is 11.6 Å². The van der Waals surface area contributed by atoms with Gasteiger partial charge in [-0.1, -0.05) is 30.3 Å². The lowest BCUT2D eigenvalue weighted by Gasteiger charge is -2.06. The first-order valence-electron chi connectivity index (χ1n) is 4.74. The number of para-hydroxylation sites is 1. The summed E-state index contributed by atoms with van der Waals surface area (Å²) < 4.78 is 1.79. The average molecular weight is 236 g/mol. The Hall–Kier alpha value is -1.74. The van der Waals surface area contributed by atoms with E-state index in [1.165, 1.54) is 0 Å². The van der Waals surface area contributed by atoms with Crippen LogP contribution in [0.5, 0.6) is 0 Å². The number of hydrogen-bond donors (Lipinski definition) is 1. The van der Waals surface area contributed by atoms with E-state index in [0.717, 1.165) is 5.39 Å². The van der Waals surface area contributed by atoms with E-state index in [1.807, 2.05) is 18.3 Å². The number of halogens is 1. The van der Waals surface area contributed by atoms with Crippen molar-refractivity contribution < 1.29 is 9.90 Å². The number of benzene rings is 1. The van der Waals surface area contributed by atoms with Gasteiger partial charge in [0.15, 0.2) is 0 Å². The van der Waals surface area contributed by atoms with Crippen molar-refractivity contribution >= 4 is 28.5 Å². The van der Waals surface area contributed by atoms with Crippen molar-refractivity contribution in [2.24, 2.45) is 0 Å². The fraction of sp³-hybridized carbons (Fsp3) is 0.0833. The van der Waals surface area contributed by atoms with Crippen LogP contribution in [0.4, 0.5) is 0 Å². The van der Waals surface area contributed by atoms with E-state index in [-0.39, 0.29) is 5.56 Å². The standard InChI is InChI=1S/C12H10ClNO2/c1-8(13)7-14-6-5-9-3-2-4-10(11(9)14)12(15)16/h2-6H,1,7H2,(H,15,16). The minimum atomic E-state index is -0.939. The smallest absolute Gasteiger partial charge is 0.337 e. The number of carboxylic acids is 1. The quantitative estimate of drug-likeness (QED) is 0.888. The summed E-state index contributed by atoms with van der Waals surface area (Å²) in [6, 6.07) is 7.04. The minimum absolute atomic E-state index is 0.278. The molecule has 0 bridgehead atoms. The van der Waals surface area contributed by atoms with Gasteiger partial charge in [-0.3, -0.25) is 0 Å². The highest BCUT2D eigenvalue weighted by atomic mass is 35.5. The molecule has 2 rings (SSSR count). The second kappa shape index (κ2) is 4.02. The molecule has 0 saturated carbocycles. The molecule has 0 unspecified atom stereocenters. The Balaban J connectivity index is 2.67. The Labute approximate surface area is 97.6 Å². The van der Waals surface area contributed by atoms with Crippen LogP contribution in [0.15, 0.2) is 42.1 Å². The van der Waals surface area contributed by atoms with Crippen LogP contribution in [0, 0.1) is 0 Å². The number of carbonyl (C=O) groups is 1. The molecule has 0 aliphatic rings. The molecule has 1 aromatic heterocycles. The Kier molecular flexibility index (Phi) is 2.71. The molecule has 0 saturated heterocycles. The van der Waals surface area contributed by atoms with E-state index in [0.29, 0.717) is 17.1 Å². The molecule has 0 radical (unpaired) electrons. The number of aromatic nitrogens is 1. The number of hydrogen-bond acceptors (Lipinski definition) is 1. The highest BCUT2D eigenvalue weighted by Crippen LogP contribution is 2.21. The van der Waals surface area contributed by atoms with Crippen molar-refractivity contribution in [2.75, 3.05) is 0 Å². The van der Waals surface area contributed by atoms with Crippen LogP contribution in [0.3, 0.4) is 0 Å². The topological polar surface area (TPSA) is 42.2 Å². The zero-order valence-corrected chi connectivity index (χ0v) is 9.24. The fourth-order valence-electron chi connectivity index (χ4n) is 1.75. The van der Waals surface area contributed by atoms with Crippen LogP contribution in [0.1, 0.15) is 10.4 Å². The monoisotopic (exact) mass is 235 g/mol. The van der Waals surface area contributed by atoms with Crippen LogP contribution in [-0.4, -0.2) is 15.6 Å². The first kappa shape index (κ1) is 10.8. The van der Waals surface area contributed by atoms with Gasteiger partial charge in [-0.25, -0.2) is 4.79 Å². The van der Waals surface area contributed by atoms with Crippen molar-refractivity contribution in [2.45, 2.75) is 6.54 Å². The molecular formula is C12H10ClNO2. The third-order valence-corrected chi connectivity index (χ3v) is 2.48. The molecule has 4 heteroatoms. The van der Waals surface area contributed by atoms with Gasteiger partial charge in [0.05, 0.1) is 17.6 Å². The molecule has 0 amide bonds. The summed E-state index contributed by atoms with van der Waals surface area (Å²) in [4.78, 5) is 11.1. The Bertz CT molecular complexity index is 571. The number of nitrogens with zero attached hydrogens (tertiary/aromatic N) is 1. The lowest BCUT2D eigenvalue weighted by molar-refractivity contribution is 0.0698. The number of aromatic carboxylic acids is 1. The van der Waals surface area contributed by atoms with E-state index >= 15 is 0 Å². The summed E-state index contributed by atoms with van der Waals surface area (Å²) in [7, 11) is 0. The van der Waals surface area contributed by atoms with Crippen LogP contribution in [0.25, 0.3) is 10.9 Å². The van der Waals surface area contributed by atoms with Crippen molar-refractivity contribution in [3.8, 4) is 0 Å². The molecule has 1 N–H and O–H groups in total.